The molecule has 200 valence electrons. The number of carbonyl (C=O) groups excluding carboxylic acids is 1. The summed E-state index contributed by atoms with van der Waals surface area (Å²) in [5.74, 6) is 0.474. The Morgan fingerprint density at radius 1 is 1.27 bits per heavy atom. The highest BCUT2D eigenvalue weighted by atomic mass is 19.4. The zero-order chi connectivity index (χ0) is 26.3. The lowest BCUT2D eigenvalue weighted by Gasteiger charge is -2.33. The van der Waals surface area contributed by atoms with Crippen molar-refractivity contribution in [2.24, 2.45) is 11.8 Å². The summed E-state index contributed by atoms with van der Waals surface area (Å²) in [4.78, 5) is 18.4. The van der Waals surface area contributed by atoms with E-state index in [-0.39, 0.29) is 42.3 Å². The Bertz CT molecular complexity index is 1270. The number of piperidine rings is 1. The minimum absolute atomic E-state index is 0.00294. The lowest BCUT2D eigenvalue weighted by Crippen LogP contribution is -2.46. The van der Waals surface area contributed by atoms with Crippen LogP contribution < -0.4 is 10.6 Å². The molecule has 37 heavy (non-hydrogen) atoms. The van der Waals surface area contributed by atoms with Crippen LogP contribution in [0.4, 0.5) is 23.2 Å². The maximum atomic E-state index is 14.7. The third-order valence-corrected chi connectivity index (χ3v) is 7.22. The molecule has 2 atom stereocenters. The van der Waals surface area contributed by atoms with E-state index >= 15 is 0 Å². The average Bonchev–Trinajstić information content (AvgIpc) is 3.41. The number of hydrogen-bond donors (Lipinski definition) is 2. The fraction of sp³-hybridized carbons (Fsp3) is 0.560. The number of likely N-dealkylation sites (tertiary alicyclic amines) is 1. The molecule has 1 aliphatic carbocycles. The minimum Gasteiger partial charge on any atom is -0.379 e. The number of anilines is 1. The fourth-order valence-corrected chi connectivity index (χ4v) is 5.22. The van der Waals surface area contributed by atoms with E-state index in [0.29, 0.717) is 28.9 Å². The molecule has 2 aromatic heterocycles. The molecule has 1 saturated carbocycles. The topological polar surface area (TPSA) is 88.2 Å². The number of nitrogens with one attached hydrogen (secondary N) is 2. The summed E-state index contributed by atoms with van der Waals surface area (Å²) in [5, 5.41) is 10.4. The van der Waals surface area contributed by atoms with E-state index < -0.39 is 24.9 Å². The molecule has 3 heterocycles. The second kappa shape index (κ2) is 9.96. The van der Waals surface area contributed by atoms with Crippen molar-refractivity contribution in [1.29, 1.82) is 0 Å². The van der Waals surface area contributed by atoms with Gasteiger partial charge < -0.3 is 24.6 Å². The summed E-state index contributed by atoms with van der Waals surface area (Å²) in [6.45, 7) is 1.83. The number of hydrogen-bond acceptors (Lipinski definition) is 6. The fourth-order valence-electron chi connectivity index (χ4n) is 5.22. The summed E-state index contributed by atoms with van der Waals surface area (Å²) in [5.41, 5.74) is 0.984. The number of fused-ring (bicyclic) bond motifs is 1. The van der Waals surface area contributed by atoms with Crippen LogP contribution >= 0.6 is 0 Å². The van der Waals surface area contributed by atoms with Crippen molar-refractivity contribution < 1.29 is 26.9 Å². The minimum atomic E-state index is -4.50. The molecule has 2 N–H and O–H groups in total. The van der Waals surface area contributed by atoms with E-state index in [2.05, 4.69) is 27.7 Å². The van der Waals surface area contributed by atoms with Crippen LogP contribution in [0.25, 0.3) is 22.4 Å². The highest BCUT2D eigenvalue weighted by molar-refractivity contribution is 5.96. The van der Waals surface area contributed by atoms with Crippen molar-refractivity contribution in [3.05, 3.63) is 30.2 Å². The normalized spacial score (nSPS) is 24.7. The highest BCUT2D eigenvalue weighted by Crippen LogP contribution is 2.35. The predicted molar refractivity (Wildman–Crippen MR) is 129 cm³/mol. The van der Waals surface area contributed by atoms with Crippen molar-refractivity contribution in [1.82, 2.24) is 24.9 Å². The van der Waals surface area contributed by atoms with Gasteiger partial charge in [-0.1, -0.05) is 18.1 Å². The van der Waals surface area contributed by atoms with Crippen molar-refractivity contribution >= 4 is 22.5 Å². The first-order valence-electron chi connectivity index (χ1n) is 12.5. The molecule has 0 bridgehead atoms. The van der Waals surface area contributed by atoms with Crippen LogP contribution in [0, 0.1) is 11.8 Å². The largest absolute Gasteiger partial charge is 0.406 e. The SMILES string of the molecule is CN1CC[C@@H](Nc2cccc3c2cc(-c2noc(CNC(=O)[C@H]4C[C@@H](C)C4)n2)n3CC(F)(F)F)[C@@H](F)C1. The lowest BCUT2D eigenvalue weighted by atomic mass is 9.76. The quantitative estimate of drug-likeness (QED) is 0.448. The van der Waals surface area contributed by atoms with Gasteiger partial charge in [-0.2, -0.15) is 18.2 Å². The number of rotatable bonds is 7. The Morgan fingerprint density at radius 3 is 2.76 bits per heavy atom. The summed E-state index contributed by atoms with van der Waals surface area (Å²) in [7, 11) is 1.85. The van der Waals surface area contributed by atoms with Crippen LogP contribution in [-0.2, 0) is 17.9 Å². The standard InChI is InChI=1S/C25H30F4N6O2/c1-14-8-15(9-14)24(36)30-11-22-32-23(33-37-22)21-10-16-18(31-19-6-7-34(2)12-17(19)26)4-3-5-20(16)35(21)13-25(27,28)29/h3-5,10,14-15,17,19,31H,6-9,11-13H2,1-2H3,(H,30,36)/t14-,15+,17-,19+/m0/s1. The molecule has 8 nitrogen and oxygen atoms in total. The van der Waals surface area contributed by atoms with Crippen LogP contribution in [0.1, 0.15) is 32.1 Å². The van der Waals surface area contributed by atoms with Crippen LogP contribution in [0.3, 0.4) is 0 Å². The molecule has 2 aliphatic rings. The average molecular weight is 523 g/mol. The molecular weight excluding hydrogens is 492 g/mol. The van der Waals surface area contributed by atoms with Crippen molar-refractivity contribution in [3.8, 4) is 11.5 Å². The molecule has 1 aromatic carbocycles. The number of carbonyl (C=O) groups is 1. The van der Waals surface area contributed by atoms with E-state index in [1.54, 1.807) is 24.3 Å². The first kappa shape index (κ1) is 25.5. The number of alkyl halides is 4. The first-order valence-corrected chi connectivity index (χ1v) is 12.5. The Hall–Kier alpha value is -3.15. The monoisotopic (exact) mass is 522 g/mol. The van der Waals surface area contributed by atoms with Crippen molar-refractivity contribution in [2.75, 3.05) is 25.5 Å². The number of amides is 1. The molecule has 1 saturated heterocycles. The summed E-state index contributed by atoms with van der Waals surface area (Å²) in [6.07, 6.45) is -3.37. The van der Waals surface area contributed by atoms with Gasteiger partial charge in [0.05, 0.1) is 23.8 Å². The van der Waals surface area contributed by atoms with E-state index in [9.17, 15) is 22.4 Å². The number of aromatic nitrogens is 3. The Labute approximate surface area is 211 Å². The molecule has 5 rings (SSSR count). The van der Waals surface area contributed by atoms with Gasteiger partial charge in [0.25, 0.3) is 0 Å². The number of halogens is 4. The molecule has 1 aliphatic heterocycles. The van der Waals surface area contributed by atoms with E-state index in [1.807, 2.05) is 11.9 Å². The molecule has 3 aromatic rings. The Balaban J connectivity index is 1.42. The van der Waals surface area contributed by atoms with Crippen LogP contribution in [-0.4, -0.2) is 64.0 Å². The van der Waals surface area contributed by atoms with E-state index in [0.717, 1.165) is 24.0 Å². The van der Waals surface area contributed by atoms with Gasteiger partial charge in [0, 0.05) is 30.1 Å². The molecule has 2 fully saturated rings. The predicted octanol–water partition coefficient (Wildman–Crippen LogP) is 4.37. The molecule has 12 heteroatoms. The summed E-state index contributed by atoms with van der Waals surface area (Å²) in [6, 6.07) is 6.07. The highest BCUT2D eigenvalue weighted by Gasteiger charge is 2.33. The first-order chi connectivity index (χ1) is 17.6. The van der Waals surface area contributed by atoms with E-state index in [1.165, 1.54) is 0 Å². The van der Waals surface area contributed by atoms with Gasteiger partial charge >= 0.3 is 6.18 Å². The van der Waals surface area contributed by atoms with E-state index in [4.69, 9.17) is 4.52 Å². The third kappa shape index (κ3) is 5.58. The van der Waals surface area contributed by atoms with Gasteiger partial charge in [0.2, 0.25) is 17.6 Å². The van der Waals surface area contributed by atoms with Crippen LogP contribution in [0.5, 0.6) is 0 Å². The molecule has 0 unspecified atom stereocenters. The van der Waals surface area contributed by atoms with Gasteiger partial charge in [0.15, 0.2) is 0 Å². The third-order valence-electron chi connectivity index (χ3n) is 7.22. The summed E-state index contributed by atoms with van der Waals surface area (Å²) >= 11 is 0. The van der Waals surface area contributed by atoms with Gasteiger partial charge in [-0.3, -0.25) is 4.79 Å². The summed E-state index contributed by atoms with van der Waals surface area (Å²) < 4.78 is 61.7. The van der Waals surface area contributed by atoms with Crippen molar-refractivity contribution in [3.63, 3.8) is 0 Å². The van der Waals surface area contributed by atoms with Crippen LogP contribution in [0.2, 0.25) is 0 Å². The maximum Gasteiger partial charge on any atom is 0.406 e. The van der Waals surface area contributed by atoms with Crippen LogP contribution in [0.15, 0.2) is 28.8 Å². The number of nitrogens with zero attached hydrogens (tertiary/aromatic N) is 4. The van der Waals surface area contributed by atoms with Crippen molar-refractivity contribution in [2.45, 2.75) is 57.7 Å². The second-order valence-electron chi connectivity index (χ2n) is 10.3. The molecular formula is C25H30F4N6O2. The molecule has 0 spiro atoms. The number of benzene rings is 1. The molecule has 0 radical (unpaired) electrons. The van der Waals surface area contributed by atoms with Gasteiger partial charge in [-0.15, -0.1) is 0 Å². The smallest absolute Gasteiger partial charge is 0.379 e. The zero-order valence-corrected chi connectivity index (χ0v) is 20.7. The zero-order valence-electron chi connectivity index (χ0n) is 20.7. The Morgan fingerprint density at radius 2 is 2.05 bits per heavy atom. The molecule has 1 amide bonds. The van der Waals surface area contributed by atoms with Gasteiger partial charge in [0.1, 0.15) is 12.7 Å². The van der Waals surface area contributed by atoms with Gasteiger partial charge in [-0.05, 0) is 50.4 Å². The second-order valence-corrected chi connectivity index (χ2v) is 10.3. The maximum absolute atomic E-state index is 14.7. The lowest BCUT2D eigenvalue weighted by molar-refractivity contribution is -0.139. The van der Waals surface area contributed by atoms with Gasteiger partial charge in [-0.25, -0.2) is 4.39 Å². The Kier molecular flexibility index (Phi) is 6.86.